The summed E-state index contributed by atoms with van der Waals surface area (Å²) in [5, 5.41) is 24.4. The molecule has 0 atom stereocenters. The molecule has 0 spiro atoms. The molecule has 0 radical (unpaired) electrons. The summed E-state index contributed by atoms with van der Waals surface area (Å²) in [6, 6.07) is 0.283. The lowest BCUT2D eigenvalue weighted by molar-refractivity contribution is -0.384. The summed E-state index contributed by atoms with van der Waals surface area (Å²) in [4.78, 5) is 12.7. The molecular formula is C11H18N4O3. The van der Waals surface area contributed by atoms with Crippen molar-refractivity contribution >= 4 is 11.5 Å². The van der Waals surface area contributed by atoms with Gasteiger partial charge in [-0.1, -0.05) is 0 Å². The van der Waals surface area contributed by atoms with Crippen LogP contribution in [-0.4, -0.2) is 39.0 Å². The minimum Gasteiger partial charge on any atom is -0.395 e. The summed E-state index contributed by atoms with van der Waals surface area (Å²) < 4.78 is 1.54. The summed E-state index contributed by atoms with van der Waals surface area (Å²) >= 11 is 0. The molecule has 1 aliphatic rings. The van der Waals surface area contributed by atoms with E-state index in [0.29, 0.717) is 18.1 Å². The summed E-state index contributed by atoms with van der Waals surface area (Å²) in [5.41, 5.74) is 0.470. The van der Waals surface area contributed by atoms with E-state index in [1.54, 1.807) is 18.7 Å². The highest BCUT2D eigenvalue weighted by Crippen LogP contribution is 2.36. The first-order chi connectivity index (χ1) is 8.56. The fraction of sp³-hybridized carbons (Fsp3) is 0.727. The number of anilines is 1. The Kier molecular flexibility index (Phi) is 3.51. The Morgan fingerprint density at radius 1 is 1.61 bits per heavy atom. The summed E-state index contributed by atoms with van der Waals surface area (Å²) in [6.45, 7) is 2.03. The second-order valence-corrected chi connectivity index (χ2v) is 4.64. The van der Waals surface area contributed by atoms with Crippen LogP contribution in [0.15, 0.2) is 0 Å². The fourth-order valence-electron chi connectivity index (χ4n) is 2.44. The number of hydrogen-bond acceptors (Lipinski definition) is 5. The predicted octanol–water partition coefficient (Wildman–Crippen LogP) is 0.988. The molecule has 1 aromatic rings. The van der Waals surface area contributed by atoms with Crippen LogP contribution >= 0.6 is 0 Å². The van der Waals surface area contributed by atoms with E-state index >= 15 is 0 Å². The molecule has 7 heteroatoms. The van der Waals surface area contributed by atoms with Gasteiger partial charge in [0.25, 0.3) is 0 Å². The van der Waals surface area contributed by atoms with Gasteiger partial charge in [-0.3, -0.25) is 10.1 Å². The Bertz CT molecular complexity index is 453. The SMILES string of the molecule is Cc1nn(C)c(N(CCO)C2CCC2)c1[N+](=O)[O-]. The topological polar surface area (TPSA) is 84.4 Å². The van der Waals surface area contributed by atoms with E-state index in [0.717, 1.165) is 19.3 Å². The first-order valence-corrected chi connectivity index (χ1v) is 6.11. The molecule has 0 amide bonds. The van der Waals surface area contributed by atoms with Crippen LogP contribution in [0.5, 0.6) is 0 Å². The lowest BCUT2D eigenvalue weighted by Gasteiger charge is -2.37. The van der Waals surface area contributed by atoms with Crippen molar-refractivity contribution in [3.63, 3.8) is 0 Å². The number of nitrogens with zero attached hydrogens (tertiary/aromatic N) is 4. The van der Waals surface area contributed by atoms with Crippen molar-refractivity contribution in [2.75, 3.05) is 18.1 Å². The molecule has 0 unspecified atom stereocenters. The zero-order valence-electron chi connectivity index (χ0n) is 10.7. The third-order valence-electron chi connectivity index (χ3n) is 3.47. The van der Waals surface area contributed by atoms with Crippen molar-refractivity contribution in [3.8, 4) is 0 Å². The molecular weight excluding hydrogens is 236 g/mol. The van der Waals surface area contributed by atoms with Gasteiger partial charge >= 0.3 is 5.69 Å². The smallest absolute Gasteiger partial charge is 0.333 e. The van der Waals surface area contributed by atoms with Crippen LogP contribution in [0.3, 0.4) is 0 Å². The van der Waals surface area contributed by atoms with Crippen LogP contribution in [0, 0.1) is 17.0 Å². The first kappa shape index (κ1) is 12.8. The summed E-state index contributed by atoms with van der Waals surface area (Å²) in [6.07, 6.45) is 3.17. The van der Waals surface area contributed by atoms with Gasteiger partial charge in [0.2, 0.25) is 5.82 Å². The Hall–Kier alpha value is -1.63. The molecule has 1 aromatic heterocycles. The normalized spacial score (nSPS) is 15.5. The van der Waals surface area contributed by atoms with Gasteiger partial charge in [-0.2, -0.15) is 5.10 Å². The van der Waals surface area contributed by atoms with E-state index in [1.165, 1.54) is 0 Å². The maximum Gasteiger partial charge on any atom is 0.333 e. The van der Waals surface area contributed by atoms with Gasteiger partial charge in [-0.15, -0.1) is 0 Å². The average Bonchev–Trinajstić information content (AvgIpc) is 2.50. The molecule has 0 bridgehead atoms. The number of aliphatic hydroxyl groups is 1. The van der Waals surface area contributed by atoms with E-state index in [2.05, 4.69) is 5.10 Å². The van der Waals surface area contributed by atoms with Gasteiger partial charge in [0.15, 0.2) is 0 Å². The second-order valence-electron chi connectivity index (χ2n) is 4.64. The molecule has 7 nitrogen and oxygen atoms in total. The molecule has 0 aliphatic heterocycles. The average molecular weight is 254 g/mol. The van der Waals surface area contributed by atoms with E-state index in [4.69, 9.17) is 5.11 Å². The van der Waals surface area contributed by atoms with Crippen LogP contribution in [-0.2, 0) is 7.05 Å². The minimum absolute atomic E-state index is 0.0160. The molecule has 1 heterocycles. The van der Waals surface area contributed by atoms with Crippen LogP contribution in [0.2, 0.25) is 0 Å². The zero-order chi connectivity index (χ0) is 13.3. The molecule has 100 valence electrons. The van der Waals surface area contributed by atoms with Crippen molar-refractivity contribution in [2.24, 2.45) is 7.05 Å². The van der Waals surface area contributed by atoms with E-state index < -0.39 is 0 Å². The van der Waals surface area contributed by atoms with Gasteiger partial charge in [0, 0.05) is 19.6 Å². The van der Waals surface area contributed by atoms with Crippen LogP contribution < -0.4 is 4.90 Å². The standard InChI is InChI=1S/C11H18N4O3/c1-8-10(15(17)18)11(13(2)12-8)14(6-7-16)9-4-3-5-9/h9,16H,3-7H2,1-2H3. The third-order valence-corrected chi connectivity index (χ3v) is 3.47. The second kappa shape index (κ2) is 4.93. The quantitative estimate of drug-likeness (QED) is 0.625. The Balaban J connectivity index is 2.42. The zero-order valence-corrected chi connectivity index (χ0v) is 10.7. The number of rotatable bonds is 5. The Labute approximate surface area is 105 Å². The van der Waals surface area contributed by atoms with Gasteiger partial charge in [0.05, 0.1) is 11.5 Å². The van der Waals surface area contributed by atoms with Crippen LogP contribution in [0.25, 0.3) is 0 Å². The molecule has 2 rings (SSSR count). The number of hydrogen-bond donors (Lipinski definition) is 1. The summed E-state index contributed by atoms with van der Waals surface area (Å²) in [7, 11) is 1.71. The van der Waals surface area contributed by atoms with Crippen molar-refractivity contribution in [1.29, 1.82) is 0 Å². The van der Waals surface area contributed by atoms with Crippen molar-refractivity contribution in [3.05, 3.63) is 15.8 Å². The first-order valence-electron chi connectivity index (χ1n) is 6.11. The number of nitro groups is 1. The Morgan fingerprint density at radius 2 is 2.28 bits per heavy atom. The molecule has 0 saturated heterocycles. The van der Waals surface area contributed by atoms with Gasteiger partial charge in [-0.25, -0.2) is 4.68 Å². The highest BCUT2D eigenvalue weighted by atomic mass is 16.6. The number of aliphatic hydroxyl groups excluding tert-OH is 1. The highest BCUT2D eigenvalue weighted by molar-refractivity contribution is 5.62. The van der Waals surface area contributed by atoms with Crippen molar-refractivity contribution in [1.82, 2.24) is 9.78 Å². The maximum absolute atomic E-state index is 11.2. The molecule has 1 fully saturated rings. The van der Waals surface area contributed by atoms with E-state index in [1.807, 2.05) is 4.90 Å². The van der Waals surface area contributed by atoms with Crippen LogP contribution in [0.4, 0.5) is 11.5 Å². The number of aromatic nitrogens is 2. The monoisotopic (exact) mass is 254 g/mol. The molecule has 18 heavy (non-hydrogen) atoms. The van der Waals surface area contributed by atoms with E-state index in [-0.39, 0.29) is 23.3 Å². The van der Waals surface area contributed by atoms with Crippen molar-refractivity contribution in [2.45, 2.75) is 32.2 Å². The van der Waals surface area contributed by atoms with Crippen LogP contribution in [0.1, 0.15) is 25.0 Å². The van der Waals surface area contributed by atoms with Crippen molar-refractivity contribution < 1.29 is 10.0 Å². The van der Waals surface area contributed by atoms with Gasteiger partial charge in [0.1, 0.15) is 5.69 Å². The fourth-order valence-corrected chi connectivity index (χ4v) is 2.44. The van der Waals surface area contributed by atoms with Gasteiger partial charge < -0.3 is 10.0 Å². The highest BCUT2D eigenvalue weighted by Gasteiger charge is 2.34. The summed E-state index contributed by atoms with van der Waals surface area (Å²) in [5.74, 6) is 0.510. The third kappa shape index (κ3) is 2.05. The minimum atomic E-state index is -0.388. The van der Waals surface area contributed by atoms with Gasteiger partial charge in [-0.05, 0) is 26.2 Å². The maximum atomic E-state index is 11.2. The molecule has 1 N–H and O–H groups in total. The molecule has 1 aliphatic carbocycles. The molecule has 0 aromatic carbocycles. The predicted molar refractivity (Wildman–Crippen MR) is 66.7 cm³/mol. The lowest BCUT2D eigenvalue weighted by Crippen LogP contribution is -2.43. The van der Waals surface area contributed by atoms with E-state index in [9.17, 15) is 10.1 Å². The number of aryl methyl sites for hydroxylation is 2. The molecule has 1 saturated carbocycles. The largest absolute Gasteiger partial charge is 0.395 e. The Morgan fingerprint density at radius 3 is 2.72 bits per heavy atom. The lowest BCUT2D eigenvalue weighted by atomic mass is 9.91.